The summed E-state index contributed by atoms with van der Waals surface area (Å²) >= 11 is 0. The summed E-state index contributed by atoms with van der Waals surface area (Å²) in [6, 6.07) is 0.786. The topological polar surface area (TPSA) is 21.7 Å². The van der Waals surface area contributed by atoms with E-state index < -0.39 is 14.9 Å². The Labute approximate surface area is 116 Å². The first-order valence-electron chi connectivity index (χ1n) is 7.89. The van der Waals surface area contributed by atoms with Crippen molar-refractivity contribution in [1.29, 1.82) is 0 Å². The first kappa shape index (κ1) is 13.1. The van der Waals surface area contributed by atoms with Crippen molar-refractivity contribution in [1.82, 2.24) is 4.67 Å². The van der Waals surface area contributed by atoms with Gasteiger partial charge in [0.15, 0.2) is 0 Å². The van der Waals surface area contributed by atoms with Gasteiger partial charge in [0.2, 0.25) is 0 Å². The third kappa shape index (κ3) is 4.31. The highest BCUT2D eigenvalue weighted by Gasteiger charge is 2.32. The van der Waals surface area contributed by atoms with Gasteiger partial charge in [-0.15, -0.1) is 6.58 Å². The van der Waals surface area contributed by atoms with Crippen LogP contribution in [0.2, 0.25) is 0 Å². The van der Waals surface area contributed by atoms with Gasteiger partial charge in [0.1, 0.15) is 8.30 Å². The quantitative estimate of drug-likeness (QED) is 0.521. The Hall–Kier alpha value is 0.0500. The van der Waals surface area contributed by atoms with Crippen LogP contribution in [-0.4, -0.2) is 41.7 Å². The van der Waals surface area contributed by atoms with Crippen LogP contribution in [0.25, 0.3) is 0 Å². The number of hydrogen-bond donors (Lipinski definition) is 0. The average Bonchev–Trinajstić information content (AvgIpc) is 2.68. The van der Waals surface area contributed by atoms with Gasteiger partial charge in [-0.2, -0.15) is 0 Å². The Morgan fingerprint density at radius 1 is 1.61 bits per heavy atom. The molecule has 0 N–H and O–H groups in total. The molecule has 0 radical (unpaired) electrons. The molecule has 0 spiro atoms. The van der Waals surface area contributed by atoms with E-state index in [-0.39, 0.29) is 19.1 Å². The highest BCUT2D eigenvalue weighted by atomic mass is 31.2. The highest BCUT2D eigenvalue weighted by Crippen LogP contribution is 2.47. The SMILES string of the molecule is [2H]C[C@H]1O[C@@H]([3H])C[C@H]1OP(CC=C)N(C(C)C)C(C)C. The molecule has 4 heteroatoms. The second-order valence-corrected chi connectivity index (χ2v) is 6.85. The molecule has 1 fully saturated rings. The monoisotopic (exact) mass is 276 g/mol. The van der Waals surface area contributed by atoms with Crippen molar-refractivity contribution < 1.29 is 12.0 Å². The van der Waals surface area contributed by atoms with E-state index in [1.807, 2.05) is 6.08 Å². The molecule has 0 saturated carbocycles. The van der Waals surface area contributed by atoms with Crippen molar-refractivity contribution in [2.45, 2.75) is 65.3 Å². The minimum Gasteiger partial charge on any atom is -0.376 e. The van der Waals surface area contributed by atoms with Crippen LogP contribution in [-0.2, 0) is 9.26 Å². The van der Waals surface area contributed by atoms with Crippen molar-refractivity contribution in [3.63, 3.8) is 0 Å². The molecule has 0 aromatic rings. The molecule has 3 nitrogen and oxygen atoms in total. The van der Waals surface area contributed by atoms with Crippen LogP contribution in [0.5, 0.6) is 0 Å². The van der Waals surface area contributed by atoms with Crippen molar-refractivity contribution in [2.24, 2.45) is 0 Å². The molecule has 4 atom stereocenters. The Morgan fingerprint density at radius 2 is 2.28 bits per heavy atom. The third-order valence-corrected chi connectivity index (χ3v) is 5.40. The van der Waals surface area contributed by atoms with E-state index in [2.05, 4.69) is 38.9 Å². The molecule has 1 aliphatic heterocycles. The third-order valence-electron chi connectivity index (χ3n) is 2.87. The van der Waals surface area contributed by atoms with Crippen molar-refractivity contribution >= 4 is 8.30 Å². The molecule has 1 unspecified atom stereocenters. The summed E-state index contributed by atoms with van der Waals surface area (Å²) in [6.45, 7) is 12.1. The number of rotatable bonds is 7. The molecule has 0 aromatic carbocycles. The van der Waals surface area contributed by atoms with Crippen LogP contribution >= 0.6 is 8.30 Å². The van der Waals surface area contributed by atoms with Gasteiger partial charge in [-0.05, 0) is 41.0 Å². The standard InChI is InChI=1S/C14H28NO2P/c1-7-10-18(15(11(2)3)12(4)5)17-14-8-9-16-13(14)6/h7,11-14H,1,8-10H2,2-6H3/t13-,14-,18?/m1/s1/i6D,9T/t9-,13+,14+,18?/m0. The molecule has 0 amide bonds. The van der Waals surface area contributed by atoms with Crippen molar-refractivity contribution in [3.05, 3.63) is 12.7 Å². The van der Waals surface area contributed by atoms with Crippen molar-refractivity contribution in [3.8, 4) is 0 Å². The van der Waals surface area contributed by atoms with Crippen LogP contribution in [0.4, 0.5) is 0 Å². The predicted octanol–water partition coefficient (Wildman–Crippen LogP) is 3.80. The number of allylic oxidation sites excluding steroid dienone is 1. The summed E-state index contributed by atoms with van der Waals surface area (Å²) in [4.78, 5) is 0. The number of nitrogens with zero attached hydrogens (tertiary/aromatic N) is 1. The van der Waals surface area contributed by atoms with Gasteiger partial charge < -0.3 is 9.26 Å². The van der Waals surface area contributed by atoms with E-state index in [9.17, 15) is 0 Å². The first-order valence-corrected chi connectivity index (χ1v) is 8.00. The summed E-state index contributed by atoms with van der Waals surface area (Å²) in [7, 11) is -0.797. The molecule has 1 saturated heterocycles. The summed E-state index contributed by atoms with van der Waals surface area (Å²) in [5.41, 5.74) is 0. The predicted molar refractivity (Wildman–Crippen MR) is 79.0 cm³/mol. The lowest BCUT2D eigenvalue weighted by molar-refractivity contribution is 0.0674. The van der Waals surface area contributed by atoms with Gasteiger partial charge in [-0.1, -0.05) is 6.08 Å². The molecule has 106 valence electrons. The summed E-state index contributed by atoms with van der Waals surface area (Å²) in [6.07, 6.45) is 2.85. The maximum absolute atomic E-state index is 7.71. The second-order valence-electron chi connectivity index (χ2n) is 5.11. The molecular formula is C14H28NO2P. The minimum absolute atomic E-state index is 0.138. The Bertz CT molecular complexity index is 297. The normalized spacial score (nSPS) is 31.8. The zero-order valence-corrected chi connectivity index (χ0v) is 12.9. The van der Waals surface area contributed by atoms with Gasteiger partial charge in [-0.25, -0.2) is 0 Å². The van der Waals surface area contributed by atoms with Crippen LogP contribution < -0.4 is 0 Å². The van der Waals surface area contributed by atoms with Gasteiger partial charge in [0.25, 0.3) is 0 Å². The maximum atomic E-state index is 7.71. The fourth-order valence-electron chi connectivity index (χ4n) is 2.19. The Balaban J connectivity index is 2.77. The molecule has 1 aliphatic rings. The number of ether oxygens (including phenoxy) is 1. The summed E-state index contributed by atoms with van der Waals surface area (Å²) in [5, 5.41) is 0. The van der Waals surface area contributed by atoms with E-state index in [0.29, 0.717) is 18.5 Å². The van der Waals surface area contributed by atoms with Gasteiger partial charge in [-0.3, -0.25) is 4.67 Å². The second kappa shape index (κ2) is 7.59. The van der Waals surface area contributed by atoms with E-state index in [0.717, 1.165) is 6.16 Å². The summed E-state index contributed by atoms with van der Waals surface area (Å²) < 4.78 is 29.3. The molecular weight excluding hydrogens is 245 g/mol. The average molecular weight is 276 g/mol. The lowest BCUT2D eigenvalue weighted by Crippen LogP contribution is -2.35. The van der Waals surface area contributed by atoms with Crippen molar-refractivity contribution in [2.75, 3.05) is 12.7 Å². The lowest BCUT2D eigenvalue weighted by atomic mass is 10.2. The largest absolute Gasteiger partial charge is 0.376 e. The molecule has 1 rings (SSSR count). The van der Waals surface area contributed by atoms with E-state index in [1.165, 1.54) is 0 Å². The van der Waals surface area contributed by atoms with Crippen LogP contribution in [0.1, 0.15) is 43.8 Å². The maximum Gasteiger partial charge on any atom is 0.109 e. The minimum atomic E-state index is -0.797. The van der Waals surface area contributed by atoms with Gasteiger partial charge in [0, 0.05) is 26.2 Å². The summed E-state index contributed by atoms with van der Waals surface area (Å²) in [5.74, 6) is 0. The van der Waals surface area contributed by atoms with Crippen LogP contribution in [0, 0.1) is 0 Å². The molecule has 18 heavy (non-hydrogen) atoms. The van der Waals surface area contributed by atoms with Crippen LogP contribution in [0.15, 0.2) is 12.7 Å². The Morgan fingerprint density at radius 3 is 2.78 bits per heavy atom. The fourth-order valence-corrected chi connectivity index (χ4v) is 4.36. The zero-order valence-electron chi connectivity index (χ0n) is 14.0. The molecule has 0 bridgehead atoms. The first-order chi connectivity index (χ1) is 9.40. The smallest absolute Gasteiger partial charge is 0.109 e. The Kier molecular flexibility index (Phi) is 5.51. The van der Waals surface area contributed by atoms with Gasteiger partial charge >= 0.3 is 0 Å². The zero-order chi connectivity index (χ0) is 15.3. The number of hydrogen-bond acceptors (Lipinski definition) is 3. The molecule has 0 aliphatic carbocycles. The van der Waals surface area contributed by atoms with E-state index in [1.54, 1.807) is 0 Å². The van der Waals surface area contributed by atoms with Gasteiger partial charge in [0.05, 0.1) is 13.6 Å². The van der Waals surface area contributed by atoms with E-state index in [4.69, 9.17) is 12.0 Å². The molecule has 0 aromatic heterocycles. The van der Waals surface area contributed by atoms with Crippen LogP contribution in [0.3, 0.4) is 0 Å². The molecule has 1 heterocycles. The van der Waals surface area contributed by atoms with E-state index >= 15 is 0 Å². The fraction of sp³-hybridized carbons (Fsp3) is 0.857. The highest BCUT2D eigenvalue weighted by molar-refractivity contribution is 7.50. The lowest BCUT2D eigenvalue weighted by Gasteiger charge is -2.38.